The number of carbonyl (C=O) groups is 1. The molecule has 1 atom stereocenters. The van der Waals surface area contributed by atoms with E-state index in [9.17, 15) is 13.2 Å². The highest BCUT2D eigenvalue weighted by Crippen LogP contribution is 2.24. The topological polar surface area (TPSA) is 66.9 Å². The molecule has 1 saturated heterocycles. The van der Waals surface area contributed by atoms with Gasteiger partial charge in [0.2, 0.25) is 5.91 Å². The van der Waals surface area contributed by atoms with Crippen molar-refractivity contribution in [2.24, 2.45) is 0 Å². The maximum Gasteiger partial charge on any atom is 0.236 e. The lowest BCUT2D eigenvalue weighted by atomic mass is 10.2. The lowest BCUT2D eigenvalue weighted by Crippen LogP contribution is -2.42. The van der Waals surface area contributed by atoms with Crippen molar-refractivity contribution < 1.29 is 17.9 Å². The zero-order valence-electron chi connectivity index (χ0n) is 14.2. The van der Waals surface area contributed by atoms with Crippen molar-refractivity contribution in [3.05, 3.63) is 28.2 Å². The van der Waals surface area contributed by atoms with E-state index in [1.165, 1.54) is 0 Å². The summed E-state index contributed by atoms with van der Waals surface area (Å²) >= 11 is 3.44. The van der Waals surface area contributed by atoms with Crippen LogP contribution in [0.3, 0.4) is 0 Å². The summed E-state index contributed by atoms with van der Waals surface area (Å²) in [6.45, 7) is 0.786. The number of likely N-dealkylation sites (N-methyl/N-ethyl adjacent to an activating group) is 2. The van der Waals surface area contributed by atoms with Crippen molar-refractivity contribution in [1.29, 1.82) is 0 Å². The van der Waals surface area contributed by atoms with Crippen LogP contribution in [0.2, 0.25) is 0 Å². The molecule has 0 bridgehead atoms. The van der Waals surface area contributed by atoms with E-state index in [0.29, 0.717) is 13.0 Å². The number of methoxy groups -OCH3 is 1. The fourth-order valence-electron chi connectivity index (χ4n) is 2.84. The molecular weight excluding hydrogens is 396 g/mol. The van der Waals surface area contributed by atoms with E-state index in [1.807, 2.05) is 30.1 Å². The number of carbonyl (C=O) groups excluding carboxylic acids is 1. The third-order valence-electron chi connectivity index (χ3n) is 4.24. The average Bonchev–Trinajstić information content (AvgIpc) is 2.86. The Balaban J connectivity index is 1.96. The fourth-order valence-corrected chi connectivity index (χ4v) is 5.03. The molecule has 1 fully saturated rings. The van der Waals surface area contributed by atoms with Gasteiger partial charge >= 0.3 is 0 Å². The predicted molar refractivity (Wildman–Crippen MR) is 96.9 cm³/mol. The van der Waals surface area contributed by atoms with E-state index in [4.69, 9.17) is 4.74 Å². The number of benzene rings is 1. The normalized spacial score (nSPS) is 19.5. The standard InChI is InChI=1S/C16H23BrN2O4S/c1-18(9-12-8-13(17)4-5-15(12)23-3)10-16(20)19(2)14-6-7-24(21,22)11-14/h4-5,8,14H,6-7,9-11H2,1-3H3. The number of hydrogen-bond donors (Lipinski definition) is 0. The van der Waals surface area contributed by atoms with Gasteiger partial charge < -0.3 is 9.64 Å². The van der Waals surface area contributed by atoms with Gasteiger partial charge in [0.15, 0.2) is 9.84 Å². The van der Waals surface area contributed by atoms with E-state index >= 15 is 0 Å². The summed E-state index contributed by atoms with van der Waals surface area (Å²) in [5.74, 6) is 0.931. The van der Waals surface area contributed by atoms with E-state index < -0.39 is 9.84 Å². The minimum absolute atomic E-state index is 0.0679. The quantitative estimate of drug-likeness (QED) is 0.700. The molecule has 8 heteroatoms. The van der Waals surface area contributed by atoms with Crippen molar-refractivity contribution in [3.63, 3.8) is 0 Å². The van der Waals surface area contributed by atoms with Crippen LogP contribution in [0.15, 0.2) is 22.7 Å². The minimum atomic E-state index is -2.99. The van der Waals surface area contributed by atoms with Gasteiger partial charge in [-0.15, -0.1) is 0 Å². The van der Waals surface area contributed by atoms with E-state index in [-0.39, 0.29) is 30.0 Å². The molecular formula is C16H23BrN2O4S. The first-order valence-corrected chi connectivity index (χ1v) is 10.3. The Morgan fingerprint density at radius 3 is 2.67 bits per heavy atom. The highest BCUT2D eigenvalue weighted by atomic mass is 79.9. The molecule has 1 aromatic carbocycles. The Morgan fingerprint density at radius 1 is 1.38 bits per heavy atom. The van der Waals surface area contributed by atoms with Crippen LogP contribution >= 0.6 is 15.9 Å². The summed E-state index contributed by atoms with van der Waals surface area (Å²) in [6, 6.07) is 5.54. The summed E-state index contributed by atoms with van der Waals surface area (Å²) < 4.78 is 29.4. The van der Waals surface area contributed by atoms with Gasteiger partial charge in [-0.1, -0.05) is 15.9 Å². The molecule has 0 aliphatic carbocycles. The number of hydrogen-bond acceptors (Lipinski definition) is 5. The third-order valence-corrected chi connectivity index (χ3v) is 6.48. The average molecular weight is 419 g/mol. The van der Waals surface area contributed by atoms with Crippen LogP contribution in [0, 0.1) is 0 Å². The first-order valence-electron chi connectivity index (χ1n) is 7.69. The Morgan fingerprint density at radius 2 is 2.08 bits per heavy atom. The maximum absolute atomic E-state index is 12.4. The Kier molecular flexibility index (Phi) is 6.28. The van der Waals surface area contributed by atoms with Gasteiger partial charge in [0.1, 0.15) is 5.75 Å². The van der Waals surface area contributed by atoms with Gasteiger partial charge in [-0.05, 0) is 31.7 Å². The Labute approximate surface area is 151 Å². The second-order valence-corrected chi connectivity index (χ2v) is 9.33. The lowest BCUT2D eigenvalue weighted by molar-refractivity contribution is -0.132. The molecule has 1 heterocycles. The smallest absolute Gasteiger partial charge is 0.236 e. The van der Waals surface area contributed by atoms with Gasteiger partial charge in [-0.2, -0.15) is 0 Å². The van der Waals surface area contributed by atoms with Gasteiger partial charge in [0.25, 0.3) is 0 Å². The number of sulfone groups is 1. The molecule has 0 spiro atoms. The van der Waals surface area contributed by atoms with Gasteiger partial charge in [-0.3, -0.25) is 9.69 Å². The van der Waals surface area contributed by atoms with Crippen LogP contribution in [-0.4, -0.2) is 69.4 Å². The van der Waals surface area contributed by atoms with Crippen LogP contribution in [0.25, 0.3) is 0 Å². The zero-order valence-corrected chi connectivity index (χ0v) is 16.6. The van der Waals surface area contributed by atoms with Crippen molar-refractivity contribution >= 4 is 31.7 Å². The number of nitrogens with zero attached hydrogens (tertiary/aromatic N) is 2. The van der Waals surface area contributed by atoms with Crippen LogP contribution in [0.5, 0.6) is 5.75 Å². The summed E-state index contributed by atoms with van der Waals surface area (Å²) in [7, 11) is 2.16. The fraction of sp³-hybridized carbons (Fsp3) is 0.562. The molecule has 1 aliphatic heterocycles. The number of rotatable bonds is 6. The van der Waals surface area contributed by atoms with Crippen molar-refractivity contribution in [2.75, 3.05) is 39.3 Å². The largest absolute Gasteiger partial charge is 0.496 e. The molecule has 1 unspecified atom stereocenters. The molecule has 1 aromatic rings. The number of amides is 1. The highest BCUT2D eigenvalue weighted by Gasteiger charge is 2.32. The second-order valence-electron chi connectivity index (χ2n) is 6.19. The van der Waals surface area contributed by atoms with E-state index in [1.54, 1.807) is 19.1 Å². The van der Waals surface area contributed by atoms with Crippen LogP contribution < -0.4 is 4.74 Å². The van der Waals surface area contributed by atoms with Crippen molar-refractivity contribution in [1.82, 2.24) is 9.80 Å². The first-order chi connectivity index (χ1) is 11.2. The van der Waals surface area contributed by atoms with Crippen LogP contribution in [0.1, 0.15) is 12.0 Å². The first kappa shape index (κ1) is 19.2. The highest BCUT2D eigenvalue weighted by molar-refractivity contribution is 9.10. The summed E-state index contributed by atoms with van der Waals surface area (Å²) in [4.78, 5) is 15.9. The molecule has 0 N–H and O–H groups in total. The lowest BCUT2D eigenvalue weighted by Gasteiger charge is -2.26. The van der Waals surface area contributed by atoms with Crippen molar-refractivity contribution in [3.8, 4) is 5.75 Å². The van der Waals surface area contributed by atoms with Crippen molar-refractivity contribution in [2.45, 2.75) is 19.0 Å². The van der Waals surface area contributed by atoms with Gasteiger partial charge in [0, 0.05) is 29.7 Å². The maximum atomic E-state index is 12.4. The third kappa shape index (κ3) is 4.94. The Hall–Kier alpha value is -1.12. The summed E-state index contributed by atoms with van der Waals surface area (Å²) in [6.07, 6.45) is 0.522. The number of halogens is 1. The molecule has 2 rings (SSSR count). The molecule has 1 amide bonds. The second kappa shape index (κ2) is 7.84. The summed E-state index contributed by atoms with van der Waals surface area (Å²) in [5, 5.41) is 0. The molecule has 0 saturated carbocycles. The number of ether oxygens (including phenoxy) is 1. The predicted octanol–water partition coefficient (Wildman–Crippen LogP) is 1.53. The zero-order chi connectivity index (χ0) is 17.9. The SMILES string of the molecule is COc1ccc(Br)cc1CN(C)CC(=O)N(C)C1CCS(=O)(=O)C1. The minimum Gasteiger partial charge on any atom is -0.496 e. The Bertz CT molecular complexity index is 708. The molecule has 6 nitrogen and oxygen atoms in total. The molecule has 24 heavy (non-hydrogen) atoms. The van der Waals surface area contributed by atoms with Gasteiger partial charge in [-0.25, -0.2) is 8.42 Å². The van der Waals surface area contributed by atoms with E-state index in [0.717, 1.165) is 15.8 Å². The van der Waals surface area contributed by atoms with Crippen LogP contribution in [-0.2, 0) is 21.2 Å². The molecule has 0 aromatic heterocycles. The van der Waals surface area contributed by atoms with Crippen LogP contribution in [0.4, 0.5) is 0 Å². The summed E-state index contributed by atoms with van der Waals surface area (Å²) in [5.41, 5.74) is 0.980. The molecule has 0 radical (unpaired) electrons. The molecule has 1 aliphatic rings. The van der Waals surface area contributed by atoms with E-state index in [2.05, 4.69) is 15.9 Å². The van der Waals surface area contributed by atoms with Gasteiger partial charge in [0.05, 0.1) is 25.2 Å². The molecule has 134 valence electrons. The monoisotopic (exact) mass is 418 g/mol.